The minimum Gasteiger partial charge on any atom is -0.381 e. The first-order valence-corrected chi connectivity index (χ1v) is 11.6. The molecule has 0 aromatic rings. The van der Waals surface area contributed by atoms with Crippen molar-refractivity contribution in [3.05, 3.63) is 0 Å². The van der Waals surface area contributed by atoms with Gasteiger partial charge in [-0.15, -0.1) is 5.06 Å². The average molecular weight is 443 g/mol. The van der Waals surface area contributed by atoms with Gasteiger partial charge in [-0.3, -0.25) is 9.59 Å². The van der Waals surface area contributed by atoms with E-state index in [1.165, 1.54) is 0 Å². The summed E-state index contributed by atoms with van der Waals surface area (Å²) in [7, 11) is 0. The number of ether oxygens (including phenoxy) is 1. The van der Waals surface area contributed by atoms with Gasteiger partial charge in [-0.25, -0.2) is 9.59 Å². The highest BCUT2D eigenvalue weighted by Crippen LogP contribution is 2.32. The SMILES string of the molecule is O=C1NC2CSC(CCCCNCCCOCCC(=O)ON3C(=O)CCC3=O)C2N1. The average Bonchev–Trinajstić information content (AvgIpc) is 3.36. The Bertz CT molecular complexity index is 633. The molecule has 11 heteroatoms. The summed E-state index contributed by atoms with van der Waals surface area (Å²) in [4.78, 5) is 50.5. The third-order valence-electron chi connectivity index (χ3n) is 5.32. The van der Waals surface area contributed by atoms with Gasteiger partial charge in [0.15, 0.2) is 0 Å². The van der Waals surface area contributed by atoms with E-state index in [9.17, 15) is 19.2 Å². The van der Waals surface area contributed by atoms with Gasteiger partial charge >= 0.3 is 12.0 Å². The lowest BCUT2D eigenvalue weighted by atomic mass is 10.0. The number of hydroxylamine groups is 2. The number of nitrogens with one attached hydrogen (secondary N) is 3. The predicted molar refractivity (Wildman–Crippen MR) is 109 cm³/mol. The Morgan fingerprint density at radius 3 is 2.63 bits per heavy atom. The van der Waals surface area contributed by atoms with Crippen LogP contribution >= 0.6 is 11.8 Å². The fourth-order valence-corrected chi connectivity index (χ4v) is 5.27. The minimum atomic E-state index is -0.642. The van der Waals surface area contributed by atoms with Crippen molar-refractivity contribution < 1.29 is 28.8 Å². The molecule has 3 rings (SSSR count). The van der Waals surface area contributed by atoms with Gasteiger partial charge in [-0.05, 0) is 32.4 Å². The highest BCUT2D eigenvalue weighted by Gasteiger charge is 2.42. The van der Waals surface area contributed by atoms with Crippen LogP contribution in [0.2, 0.25) is 0 Å². The maximum Gasteiger partial charge on any atom is 0.335 e. The molecule has 3 N–H and O–H groups in total. The fraction of sp³-hybridized carbons (Fsp3) is 0.789. The largest absolute Gasteiger partial charge is 0.381 e. The molecule has 0 aromatic heterocycles. The maximum absolute atomic E-state index is 11.6. The molecule has 10 nitrogen and oxygen atoms in total. The summed E-state index contributed by atoms with van der Waals surface area (Å²) >= 11 is 1.94. The van der Waals surface area contributed by atoms with E-state index in [-0.39, 0.29) is 44.0 Å². The van der Waals surface area contributed by atoms with Crippen LogP contribution in [0.25, 0.3) is 0 Å². The molecule has 30 heavy (non-hydrogen) atoms. The normalized spacial score (nSPS) is 25.4. The monoisotopic (exact) mass is 442 g/mol. The minimum absolute atomic E-state index is 0.00148. The molecule has 168 valence electrons. The molecule has 3 fully saturated rings. The van der Waals surface area contributed by atoms with Crippen LogP contribution in [0.1, 0.15) is 44.9 Å². The van der Waals surface area contributed by atoms with Crippen molar-refractivity contribution in [2.45, 2.75) is 62.3 Å². The highest BCUT2D eigenvalue weighted by atomic mass is 32.2. The van der Waals surface area contributed by atoms with Crippen LogP contribution in [0, 0.1) is 0 Å². The van der Waals surface area contributed by atoms with E-state index in [1.807, 2.05) is 11.8 Å². The number of carbonyl (C=O) groups excluding carboxylic acids is 4. The lowest BCUT2D eigenvalue weighted by Crippen LogP contribution is -2.36. The molecule has 4 amide bonds. The molecule has 0 saturated carbocycles. The molecule has 3 heterocycles. The van der Waals surface area contributed by atoms with Crippen LogP contribution in [-0.4, -0.2) is 78.3 Å². The molecule has 0 bridgehead atoms. The maximum atomic E-state index is 11.6. The van der Waals surface area contributed by atoms with Gasteiger partial charge in [-0.2, -0.15) is 11.8 Å². The van der Waals surface area contributed by atoms with Crippen molar-refractivity contribution >= 4 is 35.6 Å². The van der Waals surface area contributed by atoms with Gasteiger partial charge < -0.3 is 25.5 Å². The van der Waals surface area contributed by atoms with E-state index >= 15 is 0 Å². The molecule has 3 unspecified atom stereocenters. The van der Waals surface area contributed by atoms with Crippen molar-refractivity contribution in [1.29, 1.82) is 0 Å². The zero-order chi connectivity index (χ0) is 21.3. The first kappa shape index (κ1) is 22.8. The Hall–Kier alpha value is -1.85. The number of hydrogen-bond donors (Lipinski definition) is 3. The summed E-state index contributed by atoms with van der Waals surface area (Å²) in [6, 6.07) is 0.534. The first-order valence-electron chi connectivity index (χ1n) is 10.6. The second-order valence-corrected chi connectivity index (χ2v) is 8.90. The number of urea groups is 1. The van der Waals surface area contributed by atoms with Crippen LogP contribution in [0.3, 0.4) is 0 Å². The quantitative estimate of drug-likeness (QED) is 0.211. The third kappa shape index (κ3) is 6.58. The van der Waals surface area contributed by atoms with E-state index in [4.69, 9.17) is 9.57 Å². The van der Waals surface area contributed by atoms with Crippen molar-refractivity contribution in [2.24, 2.45) is 0 Å². The summed E-state index contributed by atoms with van der Waals surface area (Å²) < 4.78 is 5.39. The Labute approximate surface area is 180 Å². The molecule has 3 atom stereocenters. The summed E-state index contributed by atoms with van der Waals surface area (Å²) in [5.41, 5.74) is 0. The zero-order valence-electron chi connectivity index (χ0n) is 17.0. The smallest absolute Gasteiger partial charge is 0.335 e. The molecule has 3 aliphatic heterocycles. The standard InChI is InChI=1S/C19H30N4O6S/c24-15-5-6-16(25)23(15)29-17(26)7-11-28-10-3-9-20-8-2-1-4-14-18-13(12-30-14)21-19(27)22-18/h13-14,18,20H,1-12H2,(H2,21,22,27). The Balaban J connectivity index is 1.10. The van der Waals surface area contributed by atoms with E-state index in [1.54, 1.807) is 0 Å². The van der Waals surface area contributed by atoms with E-state index < -0.39 is 17.8 Å². The number of carbonyl (C=O) groups is 4. The summed E-state index contributed by atoms with van der Waals surface area (Å²) in [5.74, 6) is -0.599. The van der Waals surface area contributed by atoms with Crippen molar-refractivity contribution in [3.63, 3.8) is 0 Å². The molecule has 0 aromatic carbocycles. The summed E-state index contributed by atoms with van der Waals surface area (Å²) in [6.45, 7) is 2.50. The number of thioether (sulfide) groups is 1. The number of unbranched alkanes of at least 4 members (excludes halogenated alkanes) is 1. The Morgan fingerprint density at radius 1 is 1.07 bits per heavy atom. The number of imide groups is 1. The zero-order valence-corrected chi connectivity index (χ0v) is 17.8. The molecule has 0 radical (unpaired) electrons. The van der Waals surface area contributed by atoms with Crippen LogP contribution < -0.4 is 16.0 Å². The van der Waals surface area contributed by atoms with Crippen LogP contribution in [0.4, 0.5) is 4.79 Å². The van der Waals surface area contributed by atoms with Crippen LogP contribution in [0.15, 0.2) is 0 Å². The van der Waals surface area contributed by atoms with Crippen LogP contribution in [-0.2, 0) is 24.0 Å². The fourth-order valence-electron chi connectivity index (χ4n) is 3.73. The van der Waals surface area contributed by atoms with E-state index in [0.717, 1.165) is 44.5 Å². The Morgan fingerprint density at radius 2 is 1.83 bits per heavy atom. The molecule has 0 aliphatic carbocycles. The van der Waals surface area contributed by atoms with Gasteiger partial charge in [0.05, 0.1) is 25.1 Å². The topological polar surface area (TPSA) is 126 Å². The Kier molecular flexibility index (Phi) is 8.76. The van der Waals surface area contributed by atoms with Gasteiger partial charge in [0, 0.05) is 30.5 Å². The number of fused-ring (bicyclic) bond motifs is 1. The molecule has 3 saturated heterocycles. The van der Waals surface area contributed by atoms with E-state index in [2.05, 4.69) is 16.0 Å². The number of rotatable bonds is 13. The van der Waals surface area contributed by atoms with Gasteiger partial charge in [0.2, 0.25) is 0 Å². The summed E-state index contributed by atoms with van der Waals surface area (Å²) in [5, 5.41) is 10.4. The lowest BCUT2D eigenvalue weighted by Gasteiger charge is -2.16. The molecular formula is C19H30N4O6S. The predicted octanol–water partition coefficient (Wildman–Crippen LogP) is 0.316. The third-order valence-corrected chi connectivity index (χ3v) is 6.83. The van der Waals surface area contributed by atoms with Crippen molar-refractivity contribution in [3.8, 4) is 0 Å². The molecular weight excluding hydrogens is 412 g/mol. The number of amides is 4. The number of nitrogens with zero attached hydrogens (tertiary/aromatic N) is 1. The van der Waals surface area contributed by atoms with Crippen molar-refractivity contribution in [2.75, 3.05) is 32.1 Å². The lowest BCUT2D eigenvalue weighted by molar-refractivity contribution is -0.198. The second-order valence-electron chi connectivity index (χ2n) is 7.63. The van der Waals surface area contributed by atoms with Crippen LogP contribution in [0.5, 0.6) is 0 Å². The molecule has 3 aliphatic rings. The number of hydrogen-bond acceptors (Lipinski definition) is 8. The second kappa shape index (κ2) is 11.5. The first-order chi connectivity index (χ1) is 14.5. The summed E-state index contributed by atoms with van der Waals surface area (Å²) in [6.07, 6.45) is 4.35. The van der Waals surface area contributed by atoms with Gasteiger partial charge in [-0.1, -0.05) is 6.42 Å². The highest BCUT2D eigenvalue weighted by molar-refractivity contribution is 8.00. The van der Waals surface area contributed by atoms with Crippen molar-refractivity contribution in [1.82, 2.24) is 21.0 Å². The van der Waals surface area contributed by atoms with Gasteiger partial charge in [0.1, 0.15) is 0 Å². The van der Waals surface area contributed by atoms with Gasteiger partial charge in [0.25, 0.3) is 11.8 Å². The van der Waals surface area contributed by atoms with E-state index in [0.29, 0.717) is 16.9 Å². The molecule has 0 spiro atoms.